The fourth-order valence-corrected chi connectivity index (χ4v) is 3.67. The molecule has 0 amide bonds. The van der Waals surface area contributed by atoms with Crippen LogP contribution >= 0.6 is 12.4 Å². The van der Waals surface area contributed by atoms with Crippen molar-refractivity contribution in [2.24, 2.45) is 11.7 Å². The maximum atomic E-state index is 10.4. The summed E-state index contributed by atoms with van der Waals surface area (Å²) in [6.07, 6.45) is 6.92. The number of halogens is 1. The van der Waals surface area contributed by atoms with Crippen molar-refractivity contribution in [3.05, 3.63) is 29.8 Å². The molecule has 0 aromatic heterocycles. The number of aliphatic hydroxyl groups excluding tert-OH is 1. The van der Waals surface area contributed by atoms with Crippen LogP contribution in [-0.4, -0.2) is 24.3 Å². The van der Waals surface area contributed by atoms with E-state index in [0.29, 0.717) is 5.92 Å². The third kappa shape index (κ3) is 3.71. The number of aliphatic hydroxyl groups is 1. The zero-order chi connectivity index (χ0) is 13.9. The number of nitrogens with zero attached hydrogens (tertiary/aromatic N) is 1. The van der Waals surface area contributed by atoms with Gasteiger partial charge in [0.2, 0.25) is 0 Å². The minimum Gasteiger partial charge on any atom is -0.391 e. The Labute approximate surface area is 133 Å². The van der Waals surface area contributed by atoms with Crippen LogP contribution in [0.1, 0.15) is 50.1 Å². The van der Waals surface area contributed by atoms with E-state index in [4.69, 9.17) is 5.73 Å². The molecule has 1 heterocycles. The molecule has 1 aromatic rings. The zero-order valence-electron chi connectivity index (χ0n) is 12.6. The summed E-state index contributed by atoms with van der Waals surface area (Å²) in [6.45, 7) is 2.33. The van der Waals surface area contributed by atoms with Crippen LogP contribution in [0.15, 0.2) is 24.3 Å². The van der Waals surface area contributed by atoms with E-state index >= 15 is 0 Å². The molecule has 1 aliphatic carbocycles. The molecule has 118 valence electrons. The summed E-state index contributed by atoms with van der Waals surface area (Å²) in [6, 6.07) is 8.25. The minimum atomic E-state index is -0.393. The molecule has 0 spiro atoms. The van der Waals surface area contributed by atoms with Crippen molar-refractivity contribution < 1.29 is 5.11 Å². The SMILES string of the molecule is Cl.N[C@H](c1ccc(N2CCCC2)cc1)[C@@H](O)C1CCCC1. The number of benzene rings is 1. The molecule has 0 bridgehead atoms. The van der Waals surface area contributed by atoms with Gasteiger partial charge in [0, 0.05) is 18.8 Å². The lowest BCUT2D eigenvalue weighted by molar-refractivity contribution is 0.0845. The third-order valence-electron chi connectivity index (χ3n) is 5.00. The number of hydrogen-bond donors (Lipinski definition) is 2. The predicted molar refractivity (Wildman–Crippen MR) is 90.0 cm³/mol. The summed E-state index contributed by atoms with van der Waals surface area (Å²) in [4.78, 5) is 2.42. The maximum absolute atomic E-state index is 10.4. The highest BCUT2D eigenvalue weighted by molar-refractivity contribution is 5.85. The van der Waals surface area contributed by atoms with Gasteiger partial charge in [-0.2, -0.15) is 0 Å². The Balaban J connectivity index is 0.00000161. The molecular weight excluding hydrogens is 284 g/mol. The van der Waals surface area contributed by atoms with E-state index in [0.717, 1.165) is 31.5 Å². The molecule has 1 aromatic carbocycles. The lowest BCUT2D eigenvalue weighted by Crippen LogP contribution is -2.32. The topological polar surface area (TPSA) is 49.5 Å². The smallest absolute Gasteiger partial charge is 0.0760 e. The first-order valence-electron chi connectivity index (χ1n) is 8.04. The van der Waals surface area contributed by atoms with Gasteiger partial charge in [-0.3, -0.25) is 0 Å². The van der Waals surface area contributed by atoms with E-state index in [2.05, 4.69) is 29.2 Å². The van der Waals surface area contributed by atoms with Gasteiger partial charge in [-0.05, 0) is 49.3 Å². The molecule has 0 unspecified atom stereocenters. The molecule has 0 radical (unpaired) electrons. The first kappa shape index (κ1) is 16.6. The van der Waals surface area contributed by atoms with Crippen LogP contribution in [0.5, 0.6) is 0 Å². The Morgan fingerprint density at radius 3 is 2.14 bits per heavy atom. The fourth-order valence-electron chi connectivity index (χ4n) is 3.67. The molecular formula is C17H27ClN2O. The van der Waals surface area contributed by atoms with Gasteiger partial charge in [0.05, 0.1) is 12.1 Å². The van der Waals surface area contributed by atoms with Gasteiger partial charge < -0.3 is 15.7 Å². The van der Waals surface area contributed by atoms with Crippen LogP contribution in [0.2, 0.25) is 0 Å². The number of rotatable bonds is 4. The van der Waals surface area contributed by atoms with Crippen LogP contribution in [0.3, 0.4) is 0 Å². The van der Waals surface area contributed by atoms with Crippen LogP contribution in [-0.2, 0) is 0 Å². The predicted octanol–water partition coefficient (Wildman–Crippen LogP) is 3.26. The van der Waals surface area contributed by atoms with Gasteiger partial charge in [0.15, 0.2) is 0 Å². The third-order valence-corrected chi connectivity index (χ3v) is 5.00. The number of nitrogens with two attached hydrogens (primary N) is 1. The van der Waals surface area contributed by atoms with E-state index in [1.54, 1.807) is 0 Å². The second-order valence-electron chi connectivity index (χ2n) is 6.35. The summed E-state index contributed by atoms with van der Waals surface area (Å²) in [5.74, 6) is 0.392. The summed E-state index contributed by atoms with van der Waals surface area (Å²) in [5.41, 5.74) is 8.61. The van der Waals surface area contributed by atoms with E-state index in [1.165, 1.54) is 31.4 Å². The highest BCUT2D eigenvalue weighted by atomic mass is 35.5. The quantitative estimate of drug-likeness (QED) is 0.897. The first-order chi connectivity index (χ1) is 9.75. The molecule has 2 fully saturated rings. The molecule has 1 saturated heterocycles. The minimum absolute atomic E-state index is 0. The molecule has 2 atom stereocenters. The molecule has 21 heavy (non-hydrogen) atoms. The van der Waals surface area contributed by atoms with Gasteiger partial charge >= 0.3 is 0 Å². The molecule has 1 aliphatic heterocycles. The van der Waals surface area contributed by atoms with Gasteiger partial charge in [-0.1, -0.05) is 25.0 Å². The maximum Gasteiger partial charge on any atom is 0.0760 e. The summed E-state index contributed by atoms with van der Waals surface area (Å²) >= 11 is 0. The van der Waals surface area contributed by atoms with E-state index in [1.807, 2.05) is 0 Å². The summed E-state index contributed by atoms with van der Waals surface area (Å²) in [5, 5.41) is 10.4. The average Bonchev–Trinajstić information content (AvgIpc) is 3.18. The van der Waals surface area contributed by atoms with Gasteiger partial charge in [0.1, 0.15) is 0 Å². The fraction of sp³-hybridized carbons (Fsp3) is 0.647. The monoisotopic (exact) mass is 310 g/mol. The largest absolute Gasteiger partial charge is 0.391 e. The standard InChI is InChI=1S/C17H26N2O.ClH/c18-16(17(20)14-5-1-2-6-14)13-7-9-15(10-8-13)19-11-3-4-12-19;/h7-10,14,16-17,20H,1-6,11-12,18H2;1H/t16-,17+;/m1./s1. The van der Waals surface area contributed by atoms with Crippen molar-refractivity contribution in [1.82, 2.24) is 0 Å². The lowest BCUT2D eigenvalue weighted by atomic mass is 9.91. The first-order valence-corrected chi connectivity index (χ1v) is 8.04. The van der Waals surface area contributed by atoms with E-state index in [-0.39, 0.29) is 18.4 Å². The normalized spacial score (nSPS) is 22.1. The van der Waals surface area contributed by atoms with Crippen molar-refractivity contribution in [2.45, 2.75) is 50.7 Å². The Bertz CT molecular complexity index is 425. The van der Waals surface area contributed by atoms with Crippen molar-refractivity contribution in [3.63, 3.8) is 0 Å². The second kappa shape index (κ2) is 7.48. The van der Waals surface area contributed by atoms with E-state index in [9.17, 15) is 5.11 Å². The number of hydrogen-bond acceptors (Lipinski definition) is 3. The highest BCUT2D eigenvalue weighted by Crippen LogP contribution is 2.33. The zero-order valence-corrected chi connectivity index (χ0v) is 13.4. The van der Waals surface area contributed by atoms with Crippen LogP contribution < -0.4 is 10.6 Å². The van der Waals surface area contributed by atoms with E-state index < -0.39 is 6.10 Å². The lowest BCUT2D eigenvalue weighted by Gasteiger charge is -2.25. The summed E-state index contributed by atoms with van der Waals surface area (Å²) in [7, 11) is 0. The van der Waals surface area contributed by atoms with Crippen molar-refractivity contribution >= 4 is 18.1 Å². The Morgan fingerprint density at radius 1 is 1.00 bits per heavy atom. The van der Waals surface area contributed by atoms with Gasteiger partial charge in [-0.15, -0.1) is 12.4 Å². The molecule has 2 aliphatic rings. The molecule has 3 rings (SSSR count). The summed E-state index contributed by atoms with van der Waals surface area (Å²) < 4.78 is 0. The second-order valence-corrected chi connectivity index (χ2v) is 6.35. The molecule has 3 nitrogen and oxygen atoms in total. The highest BCUT2D eigenvalue weighted by Gasteiger charge is 2.28. The molecule has 4 heteroatoms. The van der Waals surface area contributed by atoms with Crippen LogP contribution in [0.4, 0.5) is 5.69 Å². The Morgan fingerprint density at radius 2 is 1.57 bits per heavy atom. The van der Waals surface area contributed by atoms with Gasteiger partial charge in [-0.25, -0.2) is 0 Å². The molecule has 1 saturated carbocycles. The Hall–Kier alpha value is -0.770. The van der Waals surface area contributed by atoms with Crippen molar-refractivity contribution in [1.29, 1.82) is 0 Å². The van der Waals surface area contributed by atoms with Crippen LogP contribution in [0.25, 0.3) is 0 Å². The Kier molecular flexibility index (Phi) is 5.91. The average molecular weight is 311 g/mol. The van der Waals surface area contributed by atoms with Crippen LogP contribution in [0, 0.1) is 5.92 Å². The van der Waals surface area contributed by atoms with Gasteiger partial charge in [0.25, 0.3) is 0 Å². The van der Waals surface area contributed by atoms with Crippen molar-refractivity contribution in [3.8, 4) is 0 Å². The number of anilines is 1. The van der Waals surface area contributed by atoms with Crippen molar-refractivity contribution in [2.75, 3.05) is 18.0 Å². The molecule has 3 N–H and O–H groups in total.